The largest absolute Gasteiger partial charge is 0.335 e. The molecule has 2 rings (SSSR count). The number of nitrogens with zero attached hydrogens (tertiary/aromatic N) is 3. The summed E-state index contributed by atoms with van der Waals surface area (Å²) in [6, 6.07) is 2.79. The summed E-state index contributed by atoms with van der Waals surface area (Å²) in [4.78, 5) is 16.2. The highest BCUT2D eigenvalue weighted by Crippen LogP contribution is 2.18. The van der Waals surface area contributed by atoms with E-state index < -0.39 is 0 Å². The zero-order chi connectivity index (χ0) is 13.7. The molecule has 2 aliphatic rings. The van der Waals surface area contributed by atoms with Gasteiger partial charge in [0.1, 0.15) is 0 Å². The van der Waals surface area contributed by atoms with Crippen molar-refractivity contribution in [3.8, 4) is 6.07 Å². The van der Waals surface area contributed by atoms with Crippen LogP contribution in [-0.2, 0) is 0 Å². The van der Waals surface area contributed by atoms with Gasteiger partial charge in [0.05, 0.1) is 12.1 Å². The smallest absolute Gasteiger partial charge is 0.317 e. The maximum absolute atomic E-state index is 12.1. The van der Waals surface area contributed by atoms with Crippen LogP contribution >= 0.6 is 0 Å². The van der Waals surface area contributed by atoms with E-state index in [2.05, 4.69) is 16.3 Å². The molecule has 2 amide bonds. The van der Waals surface area contributed by atoms with E-state index in [1.54, 1.807) is 0 Å². The minimum absolute atomic E-state index is 0.0000401. The molecule has 1 heterocycles. The predicted molar refractivity (Wildman–Crippen MR) is 73.6 cm³/mol. The summed E-state index contributed by atoms with van der Waals surface area (Å²) in [5, 5.41) is 12.2. The fourth-order valence-corrected chi connectivity index (χ4v) is 3.00. The van der Waals surface area contributed by atoms with Gasteiger partial charge in [0, 0.05) is 32.2 Å². The number of nitriles is 1. The van der Waals surface area contributed by atoms with Crippen molar-refractivity contribution in [2.45, 2.75) is 51.1 Å². The molecular weight excluding hydrogens is 240 g/mol. The third kappa shape index (κ3) is 3.60. The molecule has 1 aliphatic heterocycles. The van der Waals surface area contributed by atoms with Gasteiger partial charge in [0.2, 0.25) is 0 Å². The maximum Gasteiger partial charge on any atom is 0.317 e. The number of piperazine rings is 1. The zero-order valence-electron chi connectivity index (χ0n) is 11.8. The number of amides is 2. The van der Waals surface area contributed by atoms with Gasteiger partial charge in [-0.25, -0.2) is 4.79 Å². The van der Waals surface area contributed by atoms with Crippen molar-refractivity contribution < 1.29 is 4.79 Å². The molecule has 19 heavy (non-hydrogen) atoms. The number of carbonyl (C=O) groups is 1. The molecule has 1 N–H and O–H groups in total. The maximum atomic E-state index is 12.1. The number of nitrogens with one attached hydrogen (secondary N) is 1. The van der Waals surface area contributed by atoms with Crippen LogP contribution in [0.15, 0.2) is 0 Å². The third-order valence-corrected chi connectivity index (χ3v) is 4.26. The van der Waals surface area contributed by atoms with Gasteiger partial charge in [-0.3, -0.25) is 4.90 Å². The van der Waals surface area contributed by atoms with Crippen LogP contribution in [0.25, 0.3) is 0 Å². The van der Waals surface area contributed by atoms with Gasteiger partial charge in [0.25, 0.3) is 0 Å². The van der Waals surface area contributed by atoms with E-state index in [9.17, 15) is 4.79 Å². The van der Waals surface area contributed by atoms with Crippen LogP contribution in [0, 0.1) is 11.3 Å². The Labute approximate surface area is 115 Å². The van der Waals surface area contributed by atoms with Crippen molar-refractivity contribution in [2.24, 2.45) is 0 Å². The van der Waals surface area contributed by atoms with Crippen LogP contribution in [0.2, 0.25) is 0 Å². The highest BCUT2D eigenvalue weighted by Gasteiger charge is 2.26. The molecule has 1 unspecified atom stereocenters. The zero-order valence-corrected chi connectivity index (χ0v) is 11.8. The van der Waals surface area contributed by atoms with E-state index in [0.29, 0.717) is 6.04 Å². The lowest BCUT2D eigenvalue weighted by Gasteiger charge is -2.37. The van der Waals surface area contributed by atoms with Crippen molar-refractivity contribution in [1.29, 1.82) is 5.26 Å². The lowest BCUT2D eigenvalue weighted by atomic mass is 10.2. The summed E-state index contributed by atoms with van der Waals surface area (Å²) in [6.45, 7) is 5.12. The van der Waals surface area contributed by atoms with E-state index in [-0.39, 0.29) is 12.1 Å². The molecule has 1 atom stereocenters. The van der Waals surface area contributed by atoms with Crippen LogP contribution < -0.4 is 5.32 Å². The molecule has 0 radical (unpaired) electrons. The van der Waals surface area contributed by atoms with Gasteiger partial charge in [-0.05, 0) is 19.3 Å². The van der Waals surface area contributed by atoms with E-state index in [1.165, 1.54) is 12.8 Å². The normalized spacial score (nSPS) is 23.1. The minimum Gasteiger partial charge on any atom is -0.335 e. The number of hydrogen-bond donors (Lipinski definition) is 1. The van der Waals surface area contributed by atoms with E-state index in [4.69, 9.17) is 5.26 Å². The first-order chi connectivity index (χ1) is 9.24. The van der Waals surface area contributed by atoms with E-state index in [0.717, 1.165) is 45.4 Å². The first-order valence-electron chi connectivity index (χ1n) is 7.43. The van der Waals surface area contributed by atoms with Gasteiger partial charge >= 0.3 is 6.03 Å². The van der Waals surface area contributed by atoms with Crippen LogP contribution in [0.4, 0.5) is 4.79 Å². The second-order valence-corrected chi connectivity index (χ2v) is 5.51. The Morgan fingerprint density at radius 3 is 2.47 bits per heavy atom. The third-order valence-electron chi connectivity index (χ3n) is 4.26. The molecule has 0 bridgehead atoms. The first-order valence-corrected chi connectivity index (χ1v) is 7.43. The summed E-state index contributed by atoms with van der Waals surface area (Å²) in [5.74, 6) is 0. The number of urea groups is 1. The van der Waals surface area contributed by atoms with Gasteiger partial charge in [-0.15, -0.1) is 0 Å². The van der Waals surface area contributed by atoms with Crippen LogP contribution in [0.1, 0.15) is 39.0 Å². The molecule has 0 aromatic carbocycles. The van der Waals surface area contributed by atoms with Crippen molar-refractivity contribution >= 4 is 6.03 Å². The molecule has 5 nitrogen and oxygen atoms in total. The lowest BCUT2D eigenvalue weighted by Crippen LogP contribution is -2.54. The standard InChI is InChI=1S/C14H24N4O/c1-2-13(11-15)17-7-9-18(10-8-17)14(19)16-12-5-3-4-6-12/h12-13H,2-10H2,1H3,(H,16,19). The highest BCUT2D eigenvalue weighted by molar-refractivity contribution is 5.74. The number of carbonyl (C=O) groups excluding carboxylic acids is 1. The van der Waals surface area contributed by atoms with Gasteiger partial charge in [0.15, 0.2) is 0 Å². The molecule has 1 aliphatic carbocycles. The quantitative estimate of drug-likeness (QED) is 0.841. The molecule has 1 saturated heterocycles. The average molecular weight is 264 g/mol. The first kappa shape index (κ1) is 14.1. The molecule has 2 fully saturated rings. The molecule has 106 valence electrons. The summed E-state index contributed by atoms with van der Waals surface area (Å²) in [6.07, 6.45) is 5.57. The Balaban J connectivity index is 1.76. The van der Waals surface area contributed by atoms with Crippen LogP contribution in [-0.4, -0.2) is 54.1 Å². The molecule has 5 heteroatoms. The summed E-state index contributed by atoms with van der Waals surface area (Å²) in [7, 11) is 0. The van der Waals surface area contributed by atoms with Crippen molar-refractivity contribution in [3.05, 3.63) is 0 Å². The van der Waals surface area contributed by atoms with Crippen molar-refractivity contribution in [2.75, 3.05) is 26.2 Å². The SMILES string of the molecule is CCC(C#N)N1CCN(C(=O)NC2CCCC2)CC1. The van der Waals surface area contributed by atoms with Gasteiger partial charge in [-0.2, -0.15) is 5.26 Å². The van der Waals surface area contributed by atoms with Crippen LogP contribution in [0.5, 0.6) is 0 Å². The second kappa shape index (κ2) is 6.76. The number of hydrogen-bond acceptors (Lipinski definition) is 3. The van der Waals surface area contributed by atoms with Crippen molar-refractivity contribution in [3.63, 3.8) is 0 Å². The molecule has 0 spiro atoms. The fourth-order valence-electron chi connectivity index (χ4n) is 3.00. The van der Waals surface area contributed by atoms with Gasteiger partial charge < -0.3 is 10.2 Å². The van der Waals surface area contributed by atoms with Gasteiger partial charge in [-0.1, -0.05) is 19.8 Å². The number of rotatable bonds is 3. The minimum atomic E-state index is 0.0000401. The molecule has 1 saturated carbocycles. The Morgan fingerprint density at radius 2 is 1.95 bits per heavy atom. The molecule has 0 aromatic rings. The highest BCUT2D eigenvalue weighted by atomic mass is 16.2. The second-order valence-electron chi connectivity index (χ2n) is 5.51. The topological polar surface area (TPSA) is 59.4 Å². The molecule has 0 aromatic heterocycles. The Bertz CT molecular complexity index is 338. The summed E-state index contributed by atoms with van der Waals surface area (Å²) < 4.78 is 0. The molecular formula is C14H24N4O. The Hall–Kier alpha value is -1.28. The Morgan fingerprint density at radius 1 is 1.32 bits per heavy atom. The van der Waals surface area contributed by atoms with E-state index >= 15 is 0 Å². The monoisotopic (exact) mass is 264 g/mol. The van der Waals surface area contributed by atoms with E-state index in [1.807, 2.05) is 11.8 Å². The van der Waals surface area contributed by atoms with Crippen LogP contribution in [0.3, 0.4) is 0 Å². The van der Waals surface area contributed by atoms with Crippen molar-refractivity contribution in [1.82, 2.24) is 15.1 Å². The predicted octanol–water partition coefficient (Wildman–Crippen LogP) is 1.56. The summed E-state index contributed by atoms with van der Waals surface area (Å²) in [5.41, 5.74) is 0. The summed E-state index contributed by atoms with van der Waals surface area (Å²) >= 11 is 0. The average Bonchev–Trinajstić information content (AvgIpc) is 2.94. The lowest BCUT2D eigenvalue weighted by molar-refractivity contribution is 0.121. The fraction of sp³-hybridized carbons (Fsp3) is 0.857. The Kier molecular flexibility index (Phi) is 5.03.